The van der Waals surface area contributed by atoms with Crippen LogP contribution in [0.3, 0.4) is 0 Å². The van der Waals surface area contributed by atoms with Gasteiger partial charge in [-0.05, 0) is 48.6 Å². The highest BCUT2D eigenvalue weighted by atomic mass is 32.2. The molecule has 0 unspecified atom stereocenters. The van der Waals surface area contributed by atoms with E-state index in [2.05, 4.69) is 5.32 Å². The number of benzene rings is 1. The van der Waals surface area contributed by atoms with Crippen molar-refractivity contribution in [1.29, 1.82) is 0 Å². The number of methoxy groups -OCH3 is 1. The Kier molecular flexibility index (Phi) is 5.87. The number of hydrogen-bond donors (Lipinski definition) is 1. The lowest BCUT2D eigenvalue weighted by molar-refractivity contribution is -0.124. The molecule has 1 heterocycles. The molecule has 0 aromatic heterocycles. The first-order valence-corrected chi connectivity index (χ1v) is 8.07. The van der Waals surface area contributed by atoms with E-state index in [9.17, 15) is 9.18 Å². The Morgan fingerprint density at radius 3 is 2.62 bits per heavy atom. The Hall–Kier alpha value is -1.27. The summed E-state index contributed by atoms with van der Waals surface area (Å²) < 4.78 is 23.6. The van der Waals surface area contributed by atoms with Crippen molar-refractivity contribution in [2.24, 2.45) is 0 Å². The molecule has 1 aliphatic heterocycles. The van der Waals surface area contributed by atoms with E-state index in [0.29, 0.717) is 12.3 Å². The zero-order valence-electron chi connectivity index (χ0n) is 12.1. The van der Waals surface area contributed by atoms with Gasteiger partial charge < -0.3 is 14.8 Å². The van der Waals surface area contributed by atoms with Crippen LogP contribution < -0.4 is 10.1 Å². The molecule has 21 heavy (non-hydrogen) atoms. The van der Waals surface area contributed by atoms with Crippen molar-refractivity contribution in [1.82, 2.24) is 5.32 Å². The van der Waals surface area contributed by atoms with E-state index >= 15 is 0 Å². The van der Waals surface area contributed by atoms with Gasteiger partial charge in [0.05, 0.1) is 5.60 Å². The Labute approximate surface area is 128 Å². The van der Waals surface area contributed by atoms with E-state index in [1.807, 2.05) is 11.8 Å². The first-order valence-electron chi connectivity index (χ1n) is 6.91. The summed E-state index contributed by atoms with van der Waals surface area (Å²) in [4.78, 5) is 11.8. The quantitative estimate of drug-likeness (QED) is 0.875. The van der Waals surface area contributed by atoms with E-state index < -0.39 is 0 Å². The molecule has 1 aliphatic rings. The third kappa shape index (κ3) is 4.89. The first kappa shape index (κ1) is 16.1. The second kappa shape index (κ2) is 7.66. The Bertz CT molecular complexity index is 460. The van der Waals surface area contributed by atoms with Crippen molar-refractivity contribution < 1.29 is 18.7 Å². The lowest BCUT2D eigenvalue weighted by Crippen LogP contribution is -2.47. The molecule has 0 aliphatic carbocycles. The summed E-state index contributed by atoms with van der Waals surface area (Å²) in [7, 11) is 1.69. The lowest BCUT2D eigenvalue weighted by atomic mass is 9.96. The van der Waals surface area contributed by atoms with Crippen LogP contribution in [0.25, 0.3) is 0 Å². The number of thioether (sulfide) groups is 1. The fourth-order valence-corrected chi connectivity index (χ4v) is 3.42. The topological polar surface area (TPSA) is 47.6 Å². The SMILES string of the molecule is COC1(CNC(=O)COc2ccc(F)cc2)CCSCC1. The van der Waals surface area contributed by atoms with E-state index in [1.54, 1.807) is 7.11 Å². The number of carbonyl (C=O) groups excluding carboxylic acids is 1. The van der Waals surface area contributed by atoms with Crippen LogP contribution in [0.15, 0.2) is 24.3 Å². The third-order valence-corrected chi connectivity index (χ3v) is 4.61. The van der Waals surface area contributed by atoms with E-state index in [4.69, 9.17) is 9.47 Å². The number of ether oxygens (including phenoxy) is 2. The van der Waals surface area contributed by atoms with Crippen LogP contribution in [0.5, 0.6) is 5.75 Å². The number of hydrogen-bond acceptors (Lipinski definition) is 4. The Balaban J connectivity index is 1.75. The van der Waals surface area contributed by atoms with Crippen LogP contribution >= 0.6 is 11.8 Å². The summed E-state index contributed by atoms with van der Waals surface area (Å²) in [6.45, 7) is 0.413. The predicted molar refractivity (Wildman–Crippen MR) is 81.2 cm³/mol. The minimum absolute atomic E-state index is 0.0832. The van der Waals surface area contributed by atoms with Gasteiger partial charge in [-0.1, -0.05) is 0 Å². The van der Waals surface area contributed by atoms with Gasteiger partial charge in [-0.15, -0.1) is 0 Å². The van der Waals surface area contributed by atoms with Gasteiger partial charge in [0, 0.05) is 13.7 Å². The van der Waals surface area contributed by atoms with Gasteiger partial charge in [0.2, 0.25) is 0 Å². The Morgan fingerprint density at radius 2 is 2.00 bits per heavy atom. The lowest BCUT2D eigenvalue weighted by Gasteiger charge is -2.35. The van der Waals surface area contributed by atoms with Crippen molar-refractivity contribution in [3.8, 4) is 5.75 Å². The maximum absolute atomic E-state index is 12.7. The molecule has 0 radical (unpaired) electrons. The summed E-state index contributed by atoms with van der Waals surface area (Å²) in [5.74, 6) is 2.05. The fourth-order valence-electron chi connectivity index (χ4n) is 2.19. The van der Waals surface area contributed by atoms with Crippen LogP contribution in [0.1, 0.15) is 12.8 Å². The molecule has 2 rings (SSSR count). The molecule has 116 valence electrons. The minimum Gasteiger partial charge on any atom is -0.484 e. The summed E-state index contributed by atoms with van der Waals surface area (Å²) in [6, 6.07) is 5.59. The smallest absolute Gasteiger partial charge is 0.258 e. The summed E-state index contributed by atoms with van der Waals surface area (Å²) in [5, 5.41) is 2.85. The van der Waals surface area contributed by atoms with E-state index in [1.165, 1.54) is 24.3 Å². The number of rotatable bonds is 6. The monoisotopic (exact) mass is 313 g/mol. The second-order valence-electron chi connectivity index (χ2n) is 5.02. The third-order valence-electron chi connectivity index (χ3n) is 3.63. The van der Waals surface area contributed by atoms with Crippen LogP contribution in [0, 0.1) is 5.82 Å². The highest BCUT2D eigenvalue weighted by Gasteiger charge is 2.32. The second-order valence-corrected chi connectivity index (χ2v) is 6.24. The van der Waals surface area contributed by atoms with E-state index in [-0.39, 0.29) is 23.9 Å². The van der Waals surface area contributed by atoms with Crippen molar-refractivity contribution in [2.45, 2.75) is 18.4 Å². The molecule has 4 nitrogen and oxygen atoms in total. The molecule has 0 bridgehead atoms. The van der Waals surface area contributed by atoms with Gasteiger partial charge in [-0.25, -0.2) is 4.39 Å². The molecule has 1 N–H and O–H groups in total. The minimum atomic E-state index is -0.330. The van der Waals surface area contributed by atoms with Gasteiger partial charge >= 0.3 is 0 Å². The van der Waals surface area contributed by atoms with Crippen molar-refractivity contribution in [2.75, 3.05) is 31.8 Å². The molecule has 0 saturated carbocycles. The molecule has 1 amide bonds. The molecular formula is C15H20FNO3S. The largest absolute Gasteiger partial charge is 0.484 e. The van der Waals surface area contributed by atoms with Gasteiger partial charge in [0.25, 0.3) is 5.91 Å². The molecular weight excluding hydrogens is 293 g/mol. The maximum atomic E-state index is 12.7. The molecule has 1 fully saturated rings. The highest BCUT2D eigenvalue weighted by Crippen LogP contribution is 2.29. The molecule has 1 aromatic carbocycles. The Morgan fingerprint density at radius 1 is 1.33 bits per heavy atom. The average Bonchev–Trinajstić information content (AvgIpc) is 2.53. The maximum Gasteiger partial charge on any atom is 0.258 e. The zero-order chi connectivity index (χ0) is 15.1. The number of carbonyl (C=O) groups is 1. The van der Waals surface area contributed by atoms with Crippen molar-refractivity contribution in [3.63, 3.8) is 0 Å². The molecule has 1 aromatic rings. The standard InChI is InChI=1S/C15H20FNO3S/c1-19-15(6-8-21-9-7-15)11-17-14(18)10-20-13-4-2-12(16)3-5-13/h2-5H,6-11H2,1H3,(H,17,18). The van der Waals surface area contributed by atoms with Crippen LogP contribution in [-0.4, -0.2) is 43.3 Å². The predicted octanol–water partition coefficient (Wildman–Crippen LogP) is 2.23. The first-order chi connectivity index (χ1) is 10.1. The zero-order valence-corrected chi connectivity index (χ0v) is 12.9. The highest BCUT2D eigenvalue weighted by molar-refractivity contribution is 7.99. The summed E-state index contributed by atoms with van der Waals surface area (Å²) in [6.07, 6.45) is 1.88. The fraction of sp³-hybridized carbons (Fsp3) is 0.533. The van der Waals surface area contributed by atoms with E-state index in [0.717, 1.165) is 24.3 Å². The molecule has 0 spiro atoms. The number of amides is 1. The molecule has 0 atom stereocenters. The average molecular weight is 313 g/mol. The van der Waals surface area contributed by atoms with Gasteiger partial charge in [-0.2, -0.15) is 11.8 Å². The van der Waals surface area contributed by atoms with Crippen molar-refractivity contribution in [3.05, 3.63) is 30.1 Å². The van der Waals surface area contributed by atoms with Crippen LogP contribution in [-0.2, 0) is 9.53 Å². The number of nitrogens with one attached hydrogen (secondary N) is 1. The summed E-state index contributed by atoms with van der Waals surface area (Å²) in [5.41, 5.74) is -0.253. The molecule has 6 heteroatoms. The van der Waals surface area contributed by atoms with Gasteiger partial charge in [0.15, 0.2) is 6.61 Å². The van der Waals surface area contributed by atoms with Gasteiger partial charge in [0.1, 0.15) is 11.6 Å². The van der Waals surface area contributed by atoms with Crippen LogP contribution in [0.4, 0.5) is 4.39 Å². The van der Waals surface area contributed by atoms with Gasteiger partial charge in [-0.3, -0.25) is 4.79 Å². The normalized spacial score (nSPS) is 17.2. The number of halogens is 1. The van der Waals surface area contributed by atoms with Crippen molar-refractivity contribution >= 4 is 17.7 Å². The molecule has 1 saturated heterocycles. The summed E-state index contributed by atoms with van der Waals surface area (Å²) >= 11 is 1.91. The van der Waals surface area contributed by atoms with Crippen LogP contribution in [0.2, 0.25) is 0 Å².